The molecule has 6 heteroatoms. The molecule has 1 fully saturated rings. The molecule has 0 atom stereocenters. The third-order valence-electron chi connectivity index (χ3n) is 2.87. The summed E-state index contributed by atoms with van der Waals surface area (Å²) >= 11 is 6.11. The van der Waals surface area contributed by atoms with E-state index in [-0.39, 0.29) is 11.7 Å². The normalized spacial score (nSPS) is 16.0. The zero-order valence-electron chi connectivity index (χ0n) is 11.2. The molecule has 0 bridgehead atoms. The van der Waals surface area contributed by atoms with Crippen molar-refractivity contribution in [3.8, 4) is 11.5 Å². The number of hydrogen-bond acceptors (Lipinski definition) is 4. The third kappa shape index (κ3) is 3.35. The summed E-state index contributed by atoms with van der Waals surface area (Å²) < 4.78 is 19.8. The van der Waals surface area contributed by atoms with Crippen molar-refractivity contribution in [1.82, 2.24) is 5.32 Å². The van der Waals surface area contributed by atoms with Gasteiger partial charge in [-0.3, -0.25) is 4.79 Å². The first kappa shape index (κ1) is 14.7. The number of thiocarbonyl (C=S) groups is 1. The van der Waals surface area contributed by atoms with Gasteiger partial charge in [0.2, 0.25) is 0 Å². The maximum atomic E-state index is 13.9. The van der Waals surface area contributed by atoms with Crippen molar-refractivity contribution in [2.24, 2.45) is 0 Å². The molecule has 110 valence electrons. The van der Waals surface area contributed by atoms with E-state index in [1.165, 1.54) is 17.8 Å². The summed E-state index contributed by atoms with van der Waals surface area (Å²) in [7, 11) is 0. The highest BCUT2D eigenvalue weighted by Crippen LogP contribution is 2.29. The van der Waals surface area contributed by atoms with Gasteiger partial charge in [-0.2, -0.15) is 0 Å². The molecule has 1 saturated heterocycles. The van der Waals surface area contributed by atoms with E-state index < -0.39 is 5.82 Å². The van der Waals surface area contributed by atoms with Crippen LogP contribution in [0.1, 0.15) is 5.56 Å². The molecular weight excluding hydrogens is 321 g/mol. The second-order valence-corrected chi connectivity index (χ2v) is 6.18. The van der Waals surface area contributed by atoms with Crippen molar-refractivity contribution in [3.63, 3.8) is 0 Å². The molecule has 1 heterocycles. The lowest BCUT2D eigenvalue weighted by molar-refractivity contribution is -0.115. The number of halogens is 1. The number of hydrogen-bond donors (Lipinski definition) is 1. The molecule has 0 saturated carbocycles. The number of carbonyl (C=O) groups is 1. The van der Waals surface area contributed by atoms with Gasteiger partial charge in [0.05, 0.1) is 4.91 Å². The Morgan fingerprint density at radius 3 is 2.64 bits per heavy atom. The van der Waals surface area contributed by atoms with Gasteiger partial charge in [-0.05, 0) is 35.9 Å². The van der Waals surface area contributed by atoms with E-state index in [0.29, 0.717) is 20.5 Å². The minimum absolute atomic E-state index is 0.103. The summed E-state index contributed by atoms with van der Waals surface area (Å²) in [4.78, 5) is 12.1. The lowest BCUT2D eigenvalue weighted by Gasteiger charge is -2.07. The van der Waals surface area contributed by atoms with Gasteiger partial charge >= 0.3 is 0 Å². The molecule has 3 rings (SSSR count). The minimum Gasteiger partial charge on any atom is -0.454 e. The van der Waals surface area contributed by atoms with Crippen LogP contribution in [0.15, 0.2) is 53.4 Å². The fourth-order valence-electron chi connectivity index (χ4n) is 1.88. The lowest BCUT2D eigenvalue weighted by Crippen LogP contribution is -2.17. The highest BCUT2D eigenvalue weighted by atomic mass is 32.2. The van der Waals surface area contributed by atoms with Crippen molar-refractivity contribution in [2.75, 3.05) is 0 Å². The lowest BCUT2D eigenvalue weighted by atomic mass is 10.2. The second-order valence-electron chi connectivity index (χ2n) is 4.46. The van der Waals surface area contributed by atoms with Crippen LogP contribution in [0.3, 0.4) is 0 Å². The summed E-state index contributed by atoms with van der Waals surface area (Å²) in [6.45, 7) is 0. The van der Waals surface area contributed by atoms with Crippen LogP contribution >= 0.6 is 24.0 Å². The number of rotatable bonds is 3. The van der Waals surface area contributed by atoms with Crippen LogP contribution in [-0.4, -0.2) is 10.2 Å². The first-order valence-electron chi connectivity index (χ1n) is 6.39. The van der Waals surface area contributed by atoms with E-state index in [1.807, 2.05) is 6.07 Å². The van der Waals surface area contributed by atoms with Crippen molar-refractivity contribution in [3.05, 3.63) is 64.8 Å². The molecule has 2 aromatic rings. The van der Waals surface area contributed by atoms with Gasteiger partial charge in [0, 0.05) is 0 Å². The number of carbonyl (C=O) groups excluding carboxylic acids is 1. The quantitative estimate of drug-likeness (QED) is 0.679. The highest BCUT2D eigenvalue weighted by molar-refractivity contribution is 8.26. The van der Waals surface area contributed by atoms with Gasteiger partial charge in [0.25, 0.3) is 5.91 Å². The summed E-state index contributed by atoms with van der Waals surface area (Å²) in [5.41, 5.74) is 0.662. The number of benzene rings is 2. The molecule has 0 aliphatic carbocycles. The van der Waals surface area contributed by atoms with Crippen LogP contribution in [0.5, 0.6) is 11.5 Å². The topological polar surface area (TPSA) is 38.3 Å². The Kier molecular flexibility index (Phi) is 4.22. The SMILES string of the molecule is O=C1NC(=S)SC1=Cc1ccc(F)c(Oc2ccccc2)c1. The predicted molar refractivity (Wildman–Crippen MR) is 89.2 cm³/mol. The van der Waals surface area contributed by atoms with E-state index in [2.05, 4.69) is 5.32 Å². The number of ether oxygens (including phenoxy) is 1. The van der Waals surface area contributed by atoms with Crippen LogP contribution < -0.4 is 10.1 Å². The Bertz CT molecular complexity index is 775. The predicted octanol–water partition coefficient (Wildman–Crippen LogP) is 4.11. The molecule has 1 amide bonds. The van der Waals surface area contributed by atoms with Crippen LogP contribution in [0, 0.1) is 5.82 Å². The second kappa shape index (κ2) is 6.29. The minimum atomic E-state index is -0.468. The molecule has 1 aliphatic rings. The molecule has 2 aromatic carbocycles. The first-order chi connectivity index (χ1) is 10.6. The Morgan fingerprint density at radius 1 is 1.18 bits per heavy atom. The number of amides is 1. The van der Waals surface area contributed by atoms with Crippen LogP contribution in [0.25, 0.3) is 6.08 Å². The molecule has 3 nitrogen and oxygen atoms in total. The zero-order valence-corrected chi connectivity index (χ0v) is 12.8. The molecule has 0 spiro atoms. The van der Waals surface area contributed by atoms with Gasteiger partial charge < -0.3 is 10.1 Å². The van der Waals surface area contributed by atoms with E-state index in [4.69, 9.17) is 17.0 Å². The molecule has 1 N–H and O–H groups in total. The van der Waals surface area contributed by atoms with Gasteiger partial charge in [-0.1, -0.05) is 48.2 Å². The van der Waals surface area contributed by atoms with Gasteiger partial charge in [0.1, 0.15) is 10.1 Å². The van der Waals surface area contributed by atoms with Gasteiger partial charge in [-0.25, -0.2) is 4.39 Å². The smallest absolute Gasteiger partial charge is 0.263 e. The largest absolute Gasteiger partial charge is 0.454 e. The fraction of sp³-hybridized carbons (Fsp3) is 0. The van der Waals surface area contributed by atoms with Crippen molar-refractivity contribution >= 4 is 40.3 Å². The molecule has 0 aromatic heterocycles. The average Bonchev–Trinajstić information content (AvgIpc) is 2.81. The van der Waals surface area contributed by atoms with E-state index >= 15 is 0 Å². The monoisotopic (exact) mass is 331 g/mol. The Balaban J connectivity index is 1.88. The van der Waals surface area contributed by atoms with E-state index in [9.17, 15) is 9.18 Å². The van der Waals surface area contributed by atoms with Crippen LogP contribution in [-0.2, 0) is 4.79 Å². The molecule has 1 aliphatic heterocycles. The first-order valence-corrected chi connectivity index (χ1v) is 7.61. The van der Waals surface area contributed by atoms with Crippen molar-refractivity contribution < 1.29 is 13.9 Å². The van der Waals surface area contributed by atoms with Crippen molar-refractivity contribution in [2.45, 2.75) is 0 Å². The summed E-state index contributed by atoms with van der Waals surface area (Å²) in [6.07, 6.45) is 1.65. The summed E-state index contributed by atoms with van der Waals surface area (Å²) in [5.74, 6) is -0.0678. The molecule has 0 unspecified atom stereocenters. The van der Waals surface area contributed by atoms with E-state index in [0.717, 1.165) is 0 Å². The Morgan fingerprint density at radius 2 is 1.95 bits per heavy atom. The summed E-state index contributed by atoms with van der Waals surface area (Å²) in [6, 6.07) is 13.4. The standard InChI is InChI=1S/C16H10FNO2S2/c17-12-7-6-10(9-14-15(19)18-16(21)22-14)8-13(12)20-11-4-2-1-3-5-11/h1-9H,(H,18,19,21). The summed E-state index contributed by atoms with van der Waals surface area (Å²) in [5, 5.41) is 2.53. The zero-order chi connectivity index (χ0) is 15.5. The Labute approximate surface area is 136 Å². The van der Waals surface area contributed by atoms with Crippen LogP contribution in [0.2, 0.25) is 0 Å². The molecular formula is C16H10FNO2S2. The number of thioether (sulfide) groups is 1. The fourth-order valence-corrected chi connectivity index (χ4v) is 2.92. The number of para-hydroxylation sites is 1. The van der Waals surface area contributed by atoms with E-state index in [1.54, 1.807) is 42.5 Å². The maximum Gasteiger partial charge on any atom is 0.263 e. The molecule has 22 heavy (non-hydrogen) atoms. The van der Waals surface area contributed by atoms with Gasteiger partial charge in [0.15, 0.2) is 11.6 Å². The third-order valence-corrected chi connectivity index (χ3v) is 4.03. The van der Waals surface area contributed by atoms with Crippen LogP contribution in [0.4, 0.5) is 4.39 Å². The Hall–Kier alpha value is -2.18. The van der Waals surface area contributed by atoms with Gasteiger partial charge in [-0.15, -0.1) is 0 Å². The highest BCUT2D eigenvalue weighted by Gasteiger charge is 2.22. The molecule has 0 radical (unpaired) electrons. The van der Waals surface area contributed by atoms with Crippen molar-refractivity contribution in [1.29, 1.82) is 0 Å². The average molecular weight is 331 g/mol. The maximum absolute atomic E-state index is 13.9. The number of nitrogens with one attached hydrogen (secondary N) is 1.